The zero-order valence-electron chi connectivity index (χ0n) is 10.6. The number of fused-ring (bicyclic) bond motifs is 2. The van der Waals surface area contributed by atoms with E-state index in [2.05, 4.69) is 13.8 Å². The van der Waals surface area contributed by atoms with E-state index in [0.717, 1.165) is 21.9 Å². The summed E-state index contributed by atoms with van der Waals surface area (Å²) in [6, 6.07) is 5.29. The van der Waals surface area contributed by atoms with E-state index in [-0.39, 0.29) is 5.63 Å². The van der Waals surface area contributed by atoms with Crippen molar-refractivity contribution in [1.29, 1.82) is 0 Å². The van der Waals surface area contributed by atoms with E-state index >= 15 is 0 Å². The number of benzene rings is 1. The number of hydrogen-bond acceptors (Lipinski definition) is 3. The lowest BCUT2D eigenvalue weighted by Crippen LogP contribution is -1.99. The van der Waals surface area contributed by atoms with Gasteiger partial charge >= 0.3 is 5.63 Å². The molecule has 0 saturated heterocycles. The molecule has 0 saturated carbocycles. The molecule has 0 unspecified atom stereocenters. The highest BCUT2D eigenvalue weighted by Gasteiger charge is 2.17. The molecule has 0 fully saturated rings. The minimum Gasteiger partial charge on any atom is -0.464 e. The van der Waals surface area contributed by atoms with Crippen LogP contribution in [0, 0.1) is 6.92 Å². The Balaban J connectivity index is 2.64. The van der Waals surface area contributed by atoms with E-state index in [0.29, 0.717) is 11.5 Å². The standard InChI is InChI=1S/C15H14O3/c1-8(2)13-10-4-5-12(16)18-15(10)9(3)14-11(13)6-7-17-14/h4-8H,1-3H3. The summed E-state index contributed by atoms with van der Waals surface area (Å²) in [6.07, 6.45) is 1.68. The highest BCUT2D eigenvalue weighted by Crippen LogP contribution is 2.36. The summed E-state index contributed by atoms with van der Waals surface area (Å²) in [4.78, 5) is 11.4. The van der Waals surface area contributed by atoms with Crippen LogP contribution in [0.3, 0.4) is 0 Å². The Bertz CT molecular complexity index is 790. The second-order valence-electron chi connectivity index (χ2n) is 4.85. The smallest absolute Gasteiger partial charge is 0.336 e. The van der Waals surface area contributed by atoms with E-state index in [1.165, 1.54) is 11.6 Å². The van der Waals surface area contributed by atoms with Crippen molar-refractivity contribution in [1.82, 2.24) is 0 Å². The number of furan rings is 1. The average molecular weight is 242 g/mol. The predicted molar refractivity (Wildman–Crippen MR) is 71.1 cm³/mol. The van der Waals surface area contributed by atoms with Crippen molar-refractivity contribution in [2.45, 2.75) is 26.7 Å². The van der Waals surface area contributed by atoms with E-state index < -0.39 is 0 Å². The Hall–Kier alpha value is -2.03. The predicted octanol–water partition coefficient (Wildman–Crippen LogP) is 3.97. The molecule has 3 aromatic rings. The van der Waals surface area contributed by atoms with Gasteiger partial charge in [0.25, 0.3) is 0 Å². The molecule has 3 heteroatoms. The molecule has 0 amide bonds. The fraction of sp³-hybridized carbons (Fsp3) is 0.267. The molecule has 92 valence electrons. The van der Waals surface area contributed by atoms with Crippen molar-refractivity contribution >= 4 is 21.9 Å². The normalized spacial score (nSPS) is 11.8. The fourth-order valence-corrected chi connectivity index (χ4v) is 2.59. The lowest BCUT2D eigenvalue weighted by molar-refractivity contribution is 0.555. The van der Waals surface area contributed by atoms with Crippen LogP contribution in [0.4, 0.5) is 0 Å². The summed E-state index contributed by atoms with van der Waals surface area (Å²) in [5, 5.41) is 2.10. The van der Waals surface area contributed by atoms with Crippen molar-refractivity contribution in [3.63, 3.8) is 0 Å². The molecule has 1 aromatic carbocycles. The highest BCUT2D eigenvalue weighted by atomic mass is 16.4. The summed E-state index contributed by atoms with van der Waals surface area (Å²) in [5.41, 5.74) is 3.16. The van der Waals surface area contributed by atoms with Gasteiger partial charge in [-0.3, -0.25) is 0 Å². The maximum Gasteiger partial charge on any atom is 0.336 e. The third kappa shape index (κ3) is 1.40. The first-order valence-corrected chi connectivity index (χ1v) is 6.03. The summed E-state index contributed by atoms with van der Waals surface area (Å²) >= 11 is 0. The Morgan fingerprint density at radius 3 is 2.50 bits per heavy atom. The topological polar surface area (TPSA) is 43.4 Å². The highest BCUT2D eigenvalue weighted by molar-refractivity contribution is 6.01. The molecule has 0 aliphatic rings. The van der Waals surface area contributed by atoms with Crippen LogP contribution >= 0.6 is 0 Å². The molecular formula is C15H14O3. The van der Waals surface area contributed by atoms with Crippen molar-refractivity contribution in [2.24, 2.45) is 0 Å². The Kier molecular flexibility index (Phi) is 2.30. The Labute approximate surface area is 104 Å². The molecular weight excluding hydrogens is 228 g/mol. The average Bonchev–Trinajstić information content (AvgIpc) is 2.79. The number of aryl methyl sites for hydroxylation is 1. The monoisotopic (exact) mass is 242 g/mol. The molecule has 0 atom stereocenters. The maximum atomic E-state index is 11.4. The van der Waals surface area contributed by atoms with Gasteiger partial charge in [0.1, 0.15) is 11.2 Å². The maximum absolute atomic E-state index is 11.4. The van der Waals surface area contributed by atoms with Gasteiger partial charge < -0.3 is 8.83 Å². The molecule has 0 radical (unpaired) electrons. The van der Waals surface area contributed by atoms with E-state index in [9.17, 15) is 4.79 Å². The van der Waals surface area contributed by atoms with Gasteiger partial charge in [0, 0.05) is 22.4 Å². The first-order valence-electron chi connectivity index (χ1n) is 6.03. The molecule has 3 rings (SSSR count). The quantitative estimate of drug-likeness (QED) is 0.606. The second-order valence-corrected chi connectivity index (χ2v) is 4.85. The van der Waals surface area contributed by atoms with E-state index in [1.807, 2.05) is 19.1 Å². The lowest BCUT2D eigenvalue weighted by Gasteiger charge is -2.12. The molecule has 0 aliphatic heterocycles. The van der Waals surface area contributed by atoms with Crippen LogP contribution in [0.5, 0.6) is 0 Å². The van der Waals surface area contributed by atoms with Crippen molar-refractivity contribution in [3.05, 3.63) is 46.0 Å². The van der Waals surface area contributed by atoms with Crippen molar-refractivity contribution < 1.29 is 8.83 Å². The largest absolute Gasteiger partial charge is 0.464 e. The molecule has 0 bridgehead atoms. The minimum absolute atomic E-state index is 0.328. The van der Waals surface area contributed by atoms with Gasteiger partial charge in [-0.2, -0.15) is 0 Å². The molecule has 3 nitrogen and oxygen atoms in total. The van der Waals surface area contributed by atoms with Gasteiger partial charge in [-0.1, -0.05) is 13.8 Å². The summed E-state index contributed by atoms with van der Waals surface area (Å²) in [5.74, 6) is 0.334. The summed E-state index contributed by atoms with van der Waals surface area (Å²) < 4.78 is 10.9. The second kappa shape index (κ2) is 3.73. The van der Waals surface area contributed by atoms with Gasteiger partial charge in [-0.25, -0.2) is 4.79 Å². The van der Waals surface area contributed by atoms with Gasteiger partial charge in [0.05, 0.1) is 6.26 Å². The first kappa shape index (κ1) is 11.1. The number of hydrogen-bond donors (Lipinski definition) is 0. The third-order valence-corrected chi connectivity index (χ3v) is 3.34. The van der Waals surface area contributed by atoms with Crippen LogP contribution in [0.2, 0.25) is 0 Å². The minimum atomic E-state index is -0.328. The Morgan fingerprint density at radius 1 is 1.06 bits per heavy atom. The van der Waals surface area contributed by atoms with Gasteiger partial charge in [0.15, 0.2) is 0 Å². The lowest BCUT2D eigenvalue weighted by atomic mass is 9.93. The summed E-state index contributed by atoms with van der Waals surface area (Å²) in [6.45, 7) is 6.17. The zero-order valence-corrected chi connectivity index (χ0v) is 10.6. The van der Waals surface area contributed by atoms with Crippen LogP contribution in [0.15, 0.2) is 38.1 Å². The molecule has 18 heavy (non-hydrogen) atoms. The van der Waals surface area contributed by atoms with Crippen molar-refractivity contribution in [2.75, 3.05) is 0 Å². The van der Waals surface area contributed by atoms with E-state index in [4.69, 9.17) is 8.83 Å². The van der Waals surface area contributed by atoms with Gasteiger partial charge in [-0.15, -0.1) is 0 Å². The Morgan fingerprint density at radius 2 is 1.78 bits per heavy atom. The van der Waals surface area contributed by atoms with Crippen molar-refractivity contribution in [3.8, 4) is 0 Å². The molecule has 2 heterocycles. The van der Waals surface area contributed by atoms with Gasteiger partial charge in [-0.05, 0) is 30.5 Å². The van der Waals surface area contributed by atoms with E-state index in [1.54, 1.807) is 6.26 Å². The molecule has 0 spiro atoms. The van der Waals surface area contributed by atoms with Crippen LogP contribution in [-0.4, -0.2) is 0 Å². The fourth-order valence-electron chi connectivity index (χ4n) is 2.59. The third-order valence-electron chi connectivity index (χ3n) is 3.34. The van der Waals surface area contributed by atoms with Crippen LogP contribution in [0.25, 0.3) is 21.9 Å². The van der Waals surface area contributed by atoms with Crippen LogP contribution in [0.1, 0.15) is 30.9 Å². The molecule has 0 N–H and O–H groups in total. The van der Waals surface area contributed by atoms with Gasteiger partial charge in [0.2, 0.25) is 0 Å². The summed E-state index contributed by atoms with van der Waals surface area (Å²) in [7, 11) is 0. The van der Waals surface area contributed by atoms with Crippen LogP contribution < -0.4 is 5.63 Å². The molecule has 2 aromatic heterocycles. The van der Waals surface area contributed by atoms with Crippen LogP contribution in [-0.2, 0) is 0 Å². The molecule has 0 aliphatic carbocycles. The zero-order chi connectivity index (χ0) is 12.9. The SMILES string of the molecule is Cc1c2occc2c(C(C)C)c2ccc(=O)oc12. The number of rotatable bonds is 1. The first-order chi connectivity index (χ1) is 8.59.